The number of carbonyl (C=O) groups is 2. The molecule has 13 heteroatoms. The van der Waals surface area contributed by atoms with Gasteiger partial charge in [-0.25, -0.2) is 18.2 Å². The second-order valence-electron chi connectivity index (χ2n) is 8.86. The van der Waals surface area contributed by atoms with Crippen molar-refractivity contribution in [2.75, 3.05) is 33.2 Å². The molecule has 0 radical (unpaired) electrons. The molecule has 2 aromatic heterocycles. The highest BCUT2D eigenvalue weighted by atomic mass is 32.2. The first kappa shape index (κ1) is 28.1. The summed E-state index contributed by atoms with van der Waals surface area (Å²) in [6.07, 6.45) is 4.24. The van der Waals surface area contributed by atoms with Gasteiger partial charge in [0.25, 0.3) is 5.91 Å². The van der Waals surface area contributed by atoms with E-state index in [1.807, 2.05) is 0 Å². The van der Waals surface area contributed by atoms with Gasteiger partial charge in [-0.15, -0.1) is 0 Å². The lowest BCUT2D eigenvalue weighted by atomic mass is 10.1. The first-order chi connectivity index (χ1) is 18.7. The quantitative estimate of drug-likeness (QED) is 0.296. The van der Waals surface area contributed by atoms with Gasteiger partial charge in [-0.05, 0) is 49.2 Å². The molecule has 12 nitrogen and oxygen atoms in total. The maximum atomic E-state index is 12.6. The first-order valence-electron chi connectivity index (χ1n) is 12.1. The molecule has 1 fully saturated rings. The molecule has 4 rings (SSSR count). The SMILES string of the molecule is COC(=O)[C@H](CO)NC(=O)c1ccc(-c2cc(OCC3CCCO3)cc(Oc3ccc(S(C)(=O)=O)nc3)c2)[nH]1. The van der Waals surface area contributed by atoms with Gasteiger partial charge >= 0.3 is 5.97 Å². The topological polar surface area (TPSA) is 166 Å². The van der Waals surface area contributed by atoms with Crippen molar-refractivity contribution >= 4 is 21.7 Å². The Balaban J connectivity index is 1.58. The Kier molecular flexibility index (Phi) is 8.84. The van der Waals surface area contributed by atoms with E-state index >= 15 is 0 Å². The Bertz CT molecular complexity index is 1410. The number of ether oxygens (including phenoxy) is 4. The molecule has 0 aliphatic carbocycles. The number of hydrogen-bond donors (Lipinski definition) is 3. The fourth-order valence-electron chi connectivity index (χ4n) is 3.87. The predicted molar refractivity (Wildman–Crippen MR) is 138 cm³/mol. The molecule has 1 aliphatic heterocycles. The number of sulfone groups is 1. The van der Waals surface area contributed by atoms with Crippen LogP contribution in [-0.4, -0.2) is 80.7 Å². The molecule has 0 spiro atoms. The number of H-pyrrole nitrogens is 1. The van der Waals surface area contributed by atoms with E-state index in [1.165, 1.54) is 24.4 Å². The minimum atomic E-state index is -3.45. The zero-order valence-electron chi connectivity index (χ0n) is 21.4. The van der Waals surface area contributed by atoms with Gasteiger partial charge < -0.3 is 34.4 Å². The lowest BCUT2D eigenvalue weighted by molar-refractivity contribution is -0.143. The molecule has 39 heavy (non-hydrogen) atoms. The lowest BCUT2D eigenvalue weighted by Crippen LogP contribution is -2.44. The summed E-state index contributed by atoms with van der Waals surface area (Å²) >= 11 is 0. The van der Waals surface area contributed by atoms with Gasteiger partial charge in [-0.2, -0.15) is 0 Å². The summed E-state index contributed by atoms with van der Waals surface area (Å²) < 4.78 is 45.5. The normalized spacial score (nSPS) is 15.9. The van der Waals surface area contributed by atoms with Gasteiger partial charge in [-0.3, -0.25) is 4.79 Å². The number of pyridine rings is 1. The van der Waals surface area contributed by atoms with Crippen LogP contribution in [0.1, 0.15) is 23.3 Å². The van der Waals surface area contributed by atoms with Gasteiger partial charge in [0.15, 0.2) is 20.9 Å². The largest absolute Gasteiger partial charge is 0.491 e. The Morgan fingerprint density at radius 2 is 1.97 bits per heavy atom. The molecule has 3 N–H and O–H groups in total. The second kappa shape index (κ2) is 12.3. The molecule has 1 aliphatic rings. The number of nitrogens with one attached hydrogen (secondary N) is 2. The van der Waals surface area contributed by atoms with Crippen LogP contribution in [-0.2, 0) is 24.1 Å². The van der Waals surface area contributed by atoms with Crippen LogP contribution in [0.3, 0.4) is 0 Å². The number of carbonyl (C=O) groups excluding carboxylic acids is 2. The van der Waals surface area contributed by atoms with Crippen molar-refractivity contribution < 1.29 is 42.1 Å². The van der Waals surface area contributed by atoms with Crippen molar-refractivity contribution in [2.45, 2.75) is 30.0 Å². The Morgan fingerprint density at radius 3 is 2.62 bits per heavy atom. The van der Waals surface area contributed by atoms with Crippen molar-refractivity contribution in [1.29, 1.82) is 0 Å². The third-order valence-electron chi connectivity index (χ3n) is 5.88. The maximum absolute atomic E-state index is 12.6. The molecule has 2 atom stereocenters. The third kappa shape index (κ3) is 7.34. The van der Waals surface area contributed by atoms with Gasteiger partial charge in [0.1, 0.15) is 29.5 Å². The third-order valence-corrected chi connectivity index (χ3v) is 6.88. The lowest BCUT2D eigenvalue weighted by Gasteiger charge is -2.14. The van der Waals surface area contributed by atoms with Gasteiger partial charge in [0.05, 0.1) is 26.0 Å². The number of benzene rings is 1. The van der Waals surface area contributed by atoms with Crippen molar-refractivity contribution in [1.82, 2.24) is 15.3 Å². The molecular formula is C26H29N3O9S. The number of methoxy groups -OCH3 is 1. The molecule has 1 aromatic carbocycles. The van der Waals surface area contributed by atoms with Crippen LogP contribution < -0.4 is 14.8 Å². The Morgan fingerprint density at radius 1 is 1.18 bits per heavy atom. The van der Waals surface area contributed by atoms with Gasteiger partial charge in [0.2, 0.25) is 0 Å². The molecule has 0 bridgehead atoms. The first-order valence-corrected chi connectivity index (χ1v) is 14.0. The average molecular weight is 560 g/mol. The van der Waals surface area contributed by atoms with E-state index in [0.29, 0.717) is 41.7 Å². The molecule has 0 saturated carbocycles. The molecule has 3 heterocycles. The van der Waals surface area contributed by atoms with E-state index in [9.17, 15) is 23.1 Å². The Labute approximate surface area is 225 Å². The number of aliphatic hydroxyl groups excluding tert-OH is 1. The minimum absolute atomic E-state index is 0.0131. The van der Waals surface area contributed by atoms with E-state index < -0.39 is 34.4 Å². The standard InChI is InChI=1S/C26H29N3O9S/c1-35-26(32)23(14-30)29-25(31)22-7-6-21(28-22)16-10-19(37-15-18-4-3-9-36-18)12-20(11-16)38-17-5-8-24(27-13-17)39(2,33)34/h5-8,10-13,18,23,28,30H,3-4,9,14-15H2,1-2H3,(H,29,31)/t18?,23-/m0/s1. The summed E-state index contributed by atoms with van der Waals surface area (Å²) in [5.74, 6) is -0.186. The average Bonchev–Trinajstić information content (AvgIpc) is 3.62. The molecule has 1 saturated heterocycles. The summed E-state index contributed by atoms with van der Waals surface area (Å²) in [5, 5.41) is 11.7. The fraction of sp³-hybridized carbons (Fsp3) is 0.346. The van der Waals surface area contributed by atoms with Gasteiger partial charge in [0, 0.05) is 30.2 Å². The van der Waals surface area contributed by atoms with Crippen molar-refractivity contribution in [3.05, 3.63) is 54.4 Å². The molecule has 3 aromatic rings. The van der Waals surface area contributed by atoms with Crippen LogP contribution in [0, 0.1) is 0 Å². The molecule has 208 valence electrons. The fourth-order valence-corrected chi connectivity index (χ4v) is 4.43. The van der Waals surface area contributed by atoms with Crippen LogP contribution in [0.25, 0.3) is 11.3 Å². The number of aromatic nitrogens is 2. The molecule has 1 unspecified atom stereocenters. The number of aliphatic hydroxyl groups is 1. The number of amides is 1. The summed E-state index contributed by atoms with van der Waals surface area (Å²) in [6, 6.07) is 10.0. The van der Waals surface area contributed by atoms with E-state index in [-0.39, 0.29) is 16.8 Å². The second-order valence-corrected chi connectivity index (χ2v) is 10.8. The van der Waals surface area contributed by atoms with E-state index in [4.69, 9.17) is 14.2 Å². The number of hydrogen-bond acceptors (Lipinski definition) is 10. The smallest absolute Gasteiger partial charge is 0.330 e. The van der Waals surface area contributed by atoms with E-state index in [1.54, 1.807) is 24.3 Å². The zero-order valence-corrected chi connectivity index (χ0v) is 22.2. The van der Waals surface area contributed by atoms with Crippen molar-refractivity contribution in [3.63, 3.8) is 0 Å². The van der Waals surface area contributed by atoms with Crippen LogP contribution >= 0.6 is 0 Å². The van der Waals surface area contributed by atoms with Crippen LogP contribution in [0.2, 0.25) is 0 Å². The summed E-state index contributed by atoms with van der Waals surface area (Å²) in [4.78, 5) is 31.3. The van der Waals surface area contributed by atoms with Crippen LogP contribution in [0.4, 0.5) is 0 Å². The summed E-state index contributed by atoms with van der Waals surface area (Å²) in [5.41, 5.74) is 1.33. The van der Waals surface area contributed by atoms with Crippen LogP contribution in [0.5, 0.6) is 17.2 Å². The summed E-state index contributed by atoms with van der Waals surface area (Å²) in [7, 11) is -2.29. The highest BCUT2D eigenvalue weighted by Crippen LogP contribution is 2.33. The zero-order chi connectivity index (χ0) is 28.0. The Hall–Kier alpha value is -3.94. The van der Waals surface area contributed by atoms with Crippen LogP contribution in [0.15, 0.2) is 53.7 Å². The van der Waals surface area contributed by atoms with Crippen molar-refractivity contribution in [2.24, 2.45) is 0 Å². The highest BCUT2D eigenvalue weighted by molar-refractivity contribution is 7.90. The number of esters is 1. The maximum Gasteiger partial charge on any atom is 0.330 e. The molecular weight excluding hydrogens is 530 g/mol. The minimum Gasteiger partial charge on any atom is -0.491 e. The highest BCUT2D eigenvalue weighted by Gasteiger charge is 2.22. The monoisotopic (exact) mass is 559 g/mol. The molecule has 1 amide bonds. The van der Waals surface area contributed by atoms with Gasteiger partial charge in [-0.1, -0.05) is 0 Å². The number of rotatable bonds is 11. The predicted octanol–water partition coefficient (Wildman–Crippen LogP) is 2.09. The number of nitrogens with zero attached hydrogens (tertiary/aromatic N) is 1. The summed E-state index contributed by atoms with van der Waals surface area (Å²) in [6.45, 7) is 0.429. The van der Waals surface area contributed by atoms with E-state index in [0.717, 1.165) is 26.2 Å². The van der Waals surface area contributed by atoms with E-state index in [2.05, 4.69) is 20.0 Å². The van der Waals surface area contributed by atoms with Crippen molar-refractivity contribution in [3.8, 4) is 28.5 Å². The number of aromatic amines is 1.